The molecule has 2 aromatic rings. The van der Waals surface area contributed by atoms with Crippen molar-refractivity contribution in [2.24, 2.45) is 0 Å². The van der Waals surface area contributed by atoms with Gasteiger partial charge in [0, 0.05) is 57.4 Å². The van der Waals surface area contributed by atoms with Gasteiger partial charge in [0.05, 0.1) is 13.7 Å². The van der Waals surface area contributed by atoms with E-state index in [0.717, 1.165) is 45.6 Å². The van der Waals surface area contributed by atoms with Crippen LogP contribution in [0.1, 0.15) is 23.2 Å². The van der Waals surface area contributed by atoms with Crippen LogP contribution in [0.5, 0.6) is 5.75 Å². The maximum atomic E-state index is 13.8. The van der Waals surface area contributed by atoms with Crippen LogP contribution in [0, 0.1) is 5.82 Å². The van der Waals surface area contributed by atoms with Crippen LogP contribution in [-0.4, -0.2) is 96.7 Å². The van der Waals surface area contributed by atoms with Gasteiger partial charge in [0.25, 0.3) is 0 Å². The zero-order valence-electron chi connectivity index (χ0n) is 18.2. The van der Waals surface area contributed by atoms with Gasteiger partial charge in [-0.15, -0.1) is 0 Å². The molecule has 0 spiro atoms. The predicted molar refractivity (Wildman–Crippen MR) is 116 cm³/mol. The van der Waals surface area contributed by atoms with Crippen LogP contribution in [0.25, 0.3) is 11.3 Å². The molecule has 4 rings (SSSR count). The van der Waals surface area contributed by atoms with E-state index in [2.05, 4.69) is 15.0 Å². The van der Waals surface area contributed by atoms with Crippen LogP contribution in [0.2, 0.25) is 0 Å². The van der Waals surface area contributed by atoms with E-state index in [-0.39, 0.29) is 23.7 Å². The Balaban J connectivity index is 1.46. The first-order chi connectivity index (χ1) is 15.5. The van der Waals surface area contributed by atoms with E-state index in [9.17, 15) is 14.3 Å². The van der Waals surface area contributed by atoms with Gasteiger partial charge in [0.15, 0.2) is 28.7 Å². The number of piperidine rings is 1. The van der Waals surface area contributed by atoms with E-state index in [1.54, 1.807) is 0 Å². The molecule has 9 nitrogen and oxygen atoms in total. The number of aliphatic hydroxyl groups is 1. The molecule has 0 radical (unpaired) electrons. The van der Waals surface area contributed by atoms with Crippen molar-refractivity contribution in [2.75, 3.05) is 64.4 Å². The molecule has 0 amide bonds. The zero-order valence-corrected chi connectivity index (χ0v) is 18.2. The normalized spacial score (nSPS) is 18.8. The standard InChI is InChI=1S/C22H29FN4O5/c1-31-18-14-15(2-3-17(18)23)20-19(22(29)30)21(24-32-20)27-6-4-16(5-7-27)26-10-8-25(9-11-26)12-13-28/h2-3,14,16,28H,4-13H2,1H3,(H,29,30). The maximum Gasteiger partial charge on any atom is 0.343 e. The number of anilines is 1. The number of halogens is 1. The minimum Gasteiger partial charge on any atom is -0.494 e. The summed E-state index contributed by atoms with van der Waals surface area (Å²) >= 11 is 0. The number of carbonyl (C=O) groups is 1. The highest BCUT2D eigenvalue weighted by Gasteiger charge is 2.32. The Labute approximate surface area is 185 Å². The average molecular weight is 448 g/mol. The number of piperazine rings is 1. The lowest BCUT2D eigenvalue weighted by Gasteiger charge is -2.42. The molecule has 32 heavy (non-hydrogen) atoms. The summed E-state index contributed by atoms with van der Waals surface area (Å²) in [7, 11) is 1.35. The first-order valence-electron chi connectivity index (χ1n) is 10.9. The summed E-state index contributed by atoms with van der Waals surface area (Å²) in [5.41, 5.74) is 0.379. The molecule has 10 heteroatoms. The smallest absolute Gasteiger partial charge is 0.343 e. The van der Waals surface area contributed by atoms with Gasteiger partial charge in [0.2, 0.25) is 0 Å². The minimum atomic E-state index is -1.14. The van der Waals surface area contributed by atoms with Crippen molar-refractivity contribution < 1.29 is 28.7 Å². The first kappa shape index (κ1) is 22.5. The van der Waals surface area contributed by atoms with E-state index in [0.29, 0.717) is 30.5 Å². The SMILES string of the molecule is COc1cc(-c2onc(N3CCC(N4CCN(CCO)CC4)CC3)c2C(=O)O)ccc1F. The van der Waals surface area contributed by atoms with Crippen molar-refractivity contribution in [1.82, 2.24) is 15.0 Å². The molecule has 3 heterocycles. The quantitative estimate of drug-likeness (QED) is 0.656. The Hall–Kier alpha value is -2.69. The number of hydrogen-bond donors (Lipinski definition) is 2. The highest BCUT2D eigenvalue weighted by Crippen LogP contribution is 2.35. The van der Waals surface area contributed by atoms with E-state index in [4.69, 9.17) is 14.4 Å². The highest BCUT2D eigenvalue weighted by molar-refractivity contribution is 5.99. The number of nitrogens with zero attached hydrogens (tertiary/aromatic N) is 4. The second-order valence-electron chi connectivity index (χ2n) is 8.18. The molecule has 2 aliphatic rings. The first-order valence-corrected chi connectivity index (χ1v) is 10.9. The molecule has 2 N–H and O–H groups in total. The second-order valence-corrected chi connectivity index (χ2v) is 8.18. The van der Waals surface area contributed by atoms with Crippen LogP contribution < -0.4 is 9.64 Å². The molecule has 0 unspecified atom stereocenters. The second kappa shape index (κ2) is 9.85. The Morgan fingerprint density at radius 3 is 2.56 bits per heavy atom. The molecule has 2 saturated heterocycles. The third-order valence-corrected chi connectivity index (χ3v) is 6.40. The summed E-state index contributed by atoms with van der Waals surface area (Å²) < 4.78 is 24.2. The monoisotopic (exact) mass is 448 g/mol. The van der Waals surface area contributed by atoms with Crippen LogP contribution in [0.15, 0.2) is 22.7 Å². The van der Waals surface area contributed by atoms with Gasteiger partial charge in [-0.1, -0.05) is 5.16 Å². The van der Waals surface area contributed by atoms with Crippen molar-refractivity contribution in [2.45, 2.75) is 18.9 Å². The minimum absolute atomic E-state index is 0.0108. The molecule has 1 aromatic carbocycles. The fourth-order valence-corrected chi connectivity index (χ4v) is 4.62. The van der Waals surface area contributed by atoms with Crippen LogP contribution in [0.3, 0.4) is 0 Å². The number of carboxylic acid groups (broad SMARTS) is 1. The molecule has 0 bridgehead atoms. The van der Waals surface area contributed by atoms with Crippen molar-refractivity contribution >= 4 is 11.8 Å². The number of aromatic nitrogens is 1. The van der Waals surface area contributed by atoms with Crippen LogP contribution in [-0.2, 0) is 0 Å². The molecule has 0 atom stereocenters. The lowest BCUT2D eigenvalue weighted by atomic mass is 10.0. The lowest BCUT2D eigenvalue weighted by Crippen LogP contribution is -2.53. The summed E-state index contributed by atoms with van der Waals surface area (Å²) in [6, 6.07) is 4.53. The van der Waals surface area contributed by atoms with Crippen LogP contribution >= 0.6 is 0 Å². The number of benzene rings is 1. The molecule has 0 aliphatic carbocycles. The molecule has 0 saturated carbocycles. The molecular formula is C22H29FN4O5. The maximum absolute atomic E-state index is 13.8. The molecule has 1 aromatic heterocycles. The Morgan fingerprint density at radius 1 is 1.22 bits per heavy atom. The van der Waals surface area contributed by atoms with E-state index in [1.165, 1.54) is 25.3 Å². The van der Waals surface area contributed by atoms with Crippen LogP contribution in [0.4, 0.5) is 10.2 Å². The fourth-order valence-electron chi connectivity index (χ4n) is 4.62. The summed E-state index contributed by atoms with van der Waals surface area (Å²) in [5.74, 6) is -1.26. The summed E-state index contributed by atoms with van der Waals surface area (Å²) in [4.78, 5) is 18.8. The fraction of sp³-hybridized carbons (Fsp3) is 0.545. The van der Waals surface area contributed by atoms with Gasteiger partial charge in [-0.05, 0) is 31.0 Å². The summed E-state index contributed by atoms with van der Waals surface area (Å²) in [5, 5.41) is 23.1. The van der Waals surface area contributed by atoms with E-state index in [1.807, 2.05) is 4.90 Å². The van der Waals surface area contributed by atoms with Gasteiger partial charge >= 0.3 is 5.97 Å². The number of aromatic carboxylic acids is 1. The largest absolute Gasteiger partial charge is 0.494 e. The number of rotatable bonds is 7. The number of hydrogen-bond acceptors (Lipinski definition) is 8. The van der Waals surface area contributed by atoms with Gasteiger partial charge in [0.1, 0.15) is 0 Å². The molecular weight excluding hydrogens is 419 g/mol. The van der Waals surface area contributed by atoms with Gasteiger partial charge in [-0.25, -0.2) is 9.18 Å². The number of methoxy groups -OCH3 is 1. The summed E-state index contributed by atoms with van der Waals surface area (Å²) in [6.07, 6.45) is 1.82. The Kier molecular flexibility index (Phi) is 6.92. The average Bonchev–Trinajstić information content (AvgIpc) is 3.26. The molecule has 2 aliphatic heterocycles. The van der Waals surface area contributed by atoms with Crippen molar-refractivity contribution in [3.05, 3.63) is 29.6 Å². The number of β-amino-alcohol motifs (C(OH)–C–C–N with tert-alkyl or cyclic N) is 1. The van der Waals surface area contributed by atoms with Gasteiger partial charge < -0.3 is 24.4 Å². The zero-order chi connectivity index (χ0) is 22.7. The highest BCUT2D eigenvalue weighted by atomic mass is 19.1. The molecule has 2 fully saturated rings. The van der Waals surface area contributed by atoms with E-state index >= 15 is 0 Å². The number of carboxylic acids is 1. The van der Waals surface area contributed by atoms with E-state index < -0.39 is 11.8 Å². The lowest BCUT2D eigenvalue weighted by molar-refractivity contribution is 0.0696. The predicted octanol–water partition coefficient (Wildman–Crippen LogP) is 1.77. The third-order valence-electron chi connectivity index (χ3n) is 6.40. The number of aliphatic hydroxyl groups excluding tert-OH is 1. The van der Waals surface area contributed by atoms with Crippen molar-refractivity contribution in [1.29, 1.82) is 0 Å². The number of ether oxygens (including phenoxy) is 1. The van der Waals surface area contributed by atoms with Crippen molar-refractivity contribution in [3.63, 3.8) is 0 Å². The molecule has 174 valence electrons. The third kappa shape index (κ3) is 4.57. The van der Waals surface area contributed by atoms with Crippen molar-refractivity contribution in [3.8, 4) is 17.1 Å². The topological polar surface area (TPSA) is 103 Å². The Morgan fingerprint density at radius 2 is 1.94 bits per heavy atom. The summed E-state index contributed by atoms with van der Waals surface area (Å²) in [6.45, 7) is 6.14. The van der Waals surface area contributed by atoms with Gasteiger partial charge in [-0.3, -0.25) is 9.80 Å². The Bertz CT molecular complexity index is 936. The van der Waals surface area contributed by atoms with Gasteiger partial charge in [-0.2, -0.15) is 0 Å².